The monoisotopic (exact) mass is 226 g/mol. The molecule has 2 aliphatic rings. The topological polar surface area (TPSA) is 55.6 Å². The van der Waals surface area contributed by atoms with E-state index >= 15 is 0 Å². The second-order valence-electron chi connectivity index (χ2n) is 5.24. The molecular weight excluding hydrogens is 204 g/mol. The second-order valence-corrected chi connectivity index (χ2v) is 5.24. The molecule has 0 aromatic carbocycles. The maximum atomic E-state index is 12.1. The number of nitrogens with zero attached hydrogens (tertiary/aromatic N) is 1. The van der Waals surface area contributed by atoms with Gasteiger partial charge in [0.1, 0.15) is 0 Å². The van der Waals surface area contributed by atoms with Crippen LogP contribution in [0.3, 0.4) is 0 Å². The van der Waals surface area contributed by atoms with Gasteiger partial charge in [0.2, 0.25) is 5.91 Å². The van der Waals surface area contributed by atoms with Crippen molar-refractivity contribution in [2.75, 3.05) is 13.2 Å². The number of ether oxygens (including phenoxy) is 1. The van der Waals surface area contributed by atoms with Crippen molar-refractivity contribution in [2.45, 2.75) is 51.3 Å². The molecule has 4 nitrogen and oxygen atoms in total. The van der Waals surface area contributed by atoms with E-state index in [1.165, 1.54) is 12.8 Å². The predicted octanol–water partition coefficient (Wildman–Crippen LogP) is 0.750. The highest BCUT2D eigenvalue weighted by atomic mass is 16.5. The third kappa shape index (κ3) is 2.74. The number of hydrogen-bond donors (Lipinski definition) is 1. The zero-order valence-electron chi connectivity index (χ0n) is 10.2. The lowest BCUT2D eigenvalue weighted by Crippen LogP contribution is -2.51. The molecule has 3 unspecified atom stereocenters. The van der Waals surface area contributed by atoms with E-state index in [1.54, 1.807) is 0 Å². The Labute approximate surface area is 97.1 Å². The maximum absolute atomic E-state index is 12.1. The van der Waals surface area contributed by atoms with Gasteiger partial charge in [0.25, 0.3) is 0 Å². The van der Waals surface area contributed by atoms with Gasteiger partial charge in [0.15, 0.2) is 0 Å². The number of hydrogen-bond acceptors (Lipinski definition) is 3. The molecule has 4 heteroatoms. The lowest BCUT2D eigenvalue weighted by Gasteiger charge is -2.37. The van der Waals surface area contributed by atoms with Crippen molar-refractivity contribution < 1.29 is 9.53 Å². The van der Waals surface area contributed by atoms with Crippen LogP contribution in [-0.2, 0) is 9.53 Å². The van der Waals surface area contributed by atoms with Crippen molar-refractivity contribution >= 4 is 5.91 Å². The minimum Gasteiger partial charge on any atom is -0.375 e. The van der Waals surface area contributed by atoms with Crippen LogP contribution in [0.5, 0.6) is 0 Å². The van der Waals surface area contributed by atoms with Crippen LogP contribution < -0.4 is 5.73 Å². The van der Waals surface area contributed by atoms with Gasteiger partial charge in [-0.2, -0.15) is 0 Å². The van der Waals surface area contributed by atoms with E-state index in [1.807, 2.05) is 18.7 Å². The smallest absolute Gasteiger partial charge is 0.224 e. The molecular formula is C12H22N2O2. The van der Waals surface area contributed by atoms with E-state index in [0.29, 0.717) is 25.5 Å². The first kappa shape index (κ1) is 11.9. The normalized spacial score (nSPS) is 32.6. The third-order valence-electron chi connectivity index (χ3n) is 3.57. The fraction of sp³-hybridized carbons (Fsp3) is 0.917. The fourth-order valence-corrected chi connectivity index (χ4v) is 2.26. The predicted molar refractivity (Wildman–Crippen MR) is 61.9 cm³/mol. The van der Waals surface area contributed by atoms with Gasteiger partial charge >= 0.3 is 0 Å². The second kappa shape index (κ2) is 4.72. The Bertz CT molecular complexity index is 266. The Morgan fingerprint density at radius 3 is 2.81 bits per heavy atom. The summed E-state index contributed by atoms with van der Waals surface area (Å²) in [5.41, 5.74) is 5.99. The van der Waals surface area contributed by atoms with E-state index in [2.05, 4.69) is 0 Å². The first-order valence-electron chi connectivity index (χ1n) is 6.24. The van der Waals surface area contributed by atoms with Crippen LogP contribution in [0.2, 0.25) is 0 Å². The highest BCUT2D eigenvalue weighted by Gasteiger charge is 2.33. The first-order chi connectivity index (χ1) is 7.58. The Morgan fingerprint density at radius 1 is 1.50 bits per heavy atom. The molecule has 1 saturated heterocycles. The number of rotatable bonds is 3. The number of carbonyl (C=O) groups is 1. The van der Waals surface area contributed by atoms with Gasteiger partial charge in [0.05, 0.1) is 18.8 Å². The zero-order valence-corrected chi connectivity index (χ0v) is 10.2. The van der Waals surface area contributed by atoms with Crippen LogP contribution in [-0.4, -0.2) is 42.1 Å². The number of amides is 1. The van der Waals surface area contributed by atoms with Crippen LogP contribution in [0.15, 0.2) is 0 Å². The molecule has 2 fully saturated rings. The molecule has 2 N–H and O–H groups in total. The Hall–Kier alpha value is -0.610. The third-order valence-corrected chi connectivity index (χ3v) is 3.57. The highest BCUT2D eigenvalue weighted by molar-refractivity contribution is 5.77. The molecule has 3 atom stereocenters. The highest BCUT2D eigenvalue weighted by Crippen LogP contribution is 2.33. The average Bonchev–Trinajstić information content (AvgIpc) is 3.04. The molecule has 1 saturated carbocycles. The molecule has 1 heterocycles. The van der Waals surface area contributed by atoms with Crippen LogP contribution in [0, 0.1) is 5.92 Å². The Kier molecular flexibility index (Phi) is 3.50. The minimum absolute atomic E-state index is 0.0675. The SMILES string of the molecule is CC1CN(C(=O)CC(N)C2CC2)C(C)CO1. The number of carbonyl (C=O) groups excluding carboxylic acids is 1. The van der Waals surface area contributed by atoms with Crippen LogP contribution in [0.1, 0.15) is 33.1 Å². The summed E-state index contributed by atoms with van der Waals surface area (Å²) in [7, 11) is 0. The quantitative estimate of drug-likeness (QED) is 0.772. The summed E-state index contributed by atoms with van der Waals surface area (Å²) in [6, 6.07) is 0.257. The molecule has 2 rings (SSSR count). The molecule has 0 radical (unpaired) electrons. The molecule has 0 aromatic rings. The van der Waals surface area contributed by atoms with Crippen molar-refractivity contribution in [1.29, 1.82) is 0 Å². The summed E-state index contributed by atoms with van der Waals surface area (Å²) < 4.78 is 5.51. The molecule has 1 amide bonds. The van der Waals surface area contributed by atoms with E-state index in [9.17, 15) is 4.79 Å². The standard InChI is InChI=1S/C12H22N2O2/c1-8-7-16-9(2)6-14(8)12(15)5-11(13)10-3-4-10/h8-11H,3-7,13H2,1-2H3. The summed E-state index contributed by atoms with van der Waals surface area (Å²) in [6.45, 7) is 5.39. The molecule has 16 heavy (non-hydrogen) atoms. The van der Waals surface area contributed by atoms with E-state index in [0.717, 1.165) is 0 Å². The summed E-state index contributed by atoms with van der Waals surface area (Å²) in [5, 5.41) is 0. The fourth-order valence-electron chi connectivity index (χ4n) is 2.26. The van der Waals surface area contributed by atoms with Crippen molar-refractivity contribution in [2.24, 2.45) is 11.7 Å². The molecule has 0 spiro atoms. The summed E-state index contributed by atoms with van der Waals surface area (Å²) >= 11 is 0. The van der Waals surface area contributed by atoms with Crippen molar-refractivity contribution in [3.8, 4) is 0 Å². The van der Waals surface area contributed by atoms with Crippen LogP contribution in [0.4, 0.5) is 0 Å². The lowest BCUT2D eigenvalue weighted by molar-refractivity contribution is -0.143. The van der Waals surface area contributed by atoms with Gasteiger partial charge in [-0.05, 0) is 32.6 Å². The van der Waals surface area contributed by atoms with Gasteiger partial charge < -0.3 is 15.4 Å². The van der Waals surface area contributed by atoms with Gasteiger partial charge in [-0.3, -0.25) is 4.79 Å². The summed E-state index contributed by atoms with van der Waals surface area (Å²) in [6.07, 6.45) is 3.05. The molecule has 0 bridgehead atoms. The van der Waals surface area contributed by atoms with Gasteiger partial charge in [-0.15, -0.1) is 0 Å². The first-order valence-corrected chi connectivity index (χ1v) is 6.24. The van der Waals surface area contributed by atoms with Crippen molar-refractivity contribution in [3.05, 3.63) is 0 Å². The molecule has 1 aliphatic carbocycles. The van der Waals surface area contributed by atoms with E-state index < -0.39 is 0 Å². The van der Waals surface area contributed by atoms with Gasteiger partial charge in [-0.25, -0.2) is 0 Å². The molecule has 0 aromatic heterocycles. The maximum Gasteiger partial charge on any atom is 0.224 e. The van der Waals surface area contributed by atoms with Gasteiger partial charge in [-0.1, -0.05) is 0 Å². The lowest BCUT2D eigenvalue weighted by atomic mass is 10.1. The number of nitrogens with two attached hydrogens (primary N) is 1. The zero-order chi connectivity index (χ0) is 11.7. The average molecular weight is 226 g/mol. The summed E-state index contributed by atoms with van der Waals surface area (Å²) in [4.78, 5) is 14.0. The van der Waals surface area contributed by atoms with Gasteiger partial charge in [0, 0.05) is 19.0 Å². The number of morpholine rings is 1. The van der Waals surface area contributed by atoms with Crippen LogP contribution >= 0.6 is 0 Å². The van der Waals surface area contributed by atoms with Crippen LogP contribution in [0.25, 0.3) is 0 Å². The largest absolute Gasteiger partial charge is 0.375 e. The van der Waals surface area contributed by atoms with Crippen molar-refractivity contribution in [1.82, 2.24) is 4.90 Å². The van der Waals surface area contributed by atoms with E-state index in [-0.39, 0.29) is 24.1 Å². The Morgan fingerprint density at radius 2 is 2.19 bits per heavy atom. The molecule has 1 aliphatic heterocycles. The van der Waals surface area contributed by atoms with E-state index in [4.69, 9.17) is 10.5 Å². The Balaban J connectivity index is 1.86. The molecule has 92 valence electrons. The summed E-state index contributed by atoms with van der Waals surface area (Å²) in [5.74, 6) is 0.791. The van der Waals surface area contributed by atoms with Crippen molar-refractivity contribution in [3.63, 3.8) is 0 Å². The minimum atomic E-state index is 0.0675.